The molecule has 0 spiro atoms. The highest BCUT2D eigenvalue weighted by molar-refractivity contribution is 7.92. The van der Waals surface area contributed by atoms with Crippen LogP contribution >= 0.6 is 11.6 Å². The van der Waals surface area contributed by atoms with E-state index in [1.165, 1.54) is 17.0 Å². The number of nitrogens with zero attached hydrogens (tertiary/aromatic N) is 2. The van der Waals surface area contributed by atoms with E-state index in [1.54, 1.807) is 18.2 Å². The summed E-state index contributed by atoms with van der Waals surface area (Å²) in [6.45, 7) is 5.90. The van der Waals surface area contributed by atoms with Gasteiger partial charge in [0.25, 0.3) is 0 Å². The second-order valence-corrected chi connectivity index (χ2v) is 9.30. The number of hydrogen-bond donors (Lipinski definition) is 0. The highest BCUT2D eigenvalue weighted by Gasteiger charge is 2.23. The number of halogens is 1. The van der Waals surface area contributed by atoms with Crippen LogP contribution in [-0.4, -0.2) is 45.1 Å². The third-order valence-electron chi connectivity index (χ3n) is 4.60. The summed E-state index contributed by atoms with van der Waals surface area (Å²) in [6.07, 6.45) is 4.24. The SMILES string of the molecule is Cc1ccc(Cl)cc1N(CCCC(=O)N1CCC[C@@H](C)C1)S(C)(=O)=O. The smallest absolute Gasteiger partial charge is 0.232 e. The topological polar surface area (TPSA) is 57.7 Å². The number of benzene rings is 1. The monoisotopic (exact) mass is 386 g/mol. The molecular weight excluding hydrogens is 360 g/mol. The maximum Gasteiger partial charge on any atom is 0.232 e. The molecule has 1 aliphatic rings. The summed E-state index contributed by atoms with van der Waals surface area (Å²) in [7, 11) is -3.44. The molecule has 1 amide bonds. The van der Waals surface area contributed by atoms with Gasteiger partial charge in [0.05, 0.1) is 11.9 Å². The van der Waals surface area contributed by atoms with E-state index in [4.69, 9.17) is 11.6 Å². The van der Waals surface area contributed by atoms with Gasteiger partial charge in [-0.05, 0) is 49.8 Å². The van der Waals surface area contributed by atoms with Crippen LogP contribution in [-0.2, 0) is 14.8 Å². The minimum Gasteiger partial charge on any atom is -0.342 e. The Morgan fingerprint density at radius 1 is 1.40 bits per heavy atom. The fourth-order valence-corrected chi connectivity index (χ4v) is 4.45. The molecule has 25 heavy (non-hydrogen) atoms. The molecule has 2 rings (SSSR count). The zero-order chi connectivity index (χ0) is 18.6. The zero-order valence-electron chi connectivity index (χ0n) is 15.2. The molecule has 0 radical (unpaired) electrons. The summed E-state index contributed by atoms with van der Waals surface area (Å²) in [6, 6.07) is 5.20. The molecule has 0 aliphatic carbocycles. The summed E-state index contributed by atoms with van der Waals surface area (Å²) in [5.74, 6) is 0.655. The van der Waals surface area contributed by atoms with Crippen molar-refractivity contribution < 1.29 is 13.2 Å². The Hall–Kier alpha value is -1.27. The lowest BCUT2D eigenvalue weighted by molar-refractivity contribution is -0.132. The maximum atomic E-state index is 12.4. The lowest BCUT2D eigenvalue weighted by Crippen LogP contribution is -2.39. The van der Waals surface area contributed by atoms with Crippen molar-refractivity contribution in [3.8, 4) is 0 Å². The highest BCUT2D eigenvalue weighted by Crippen LogP contribution is 2.27. The Bertz CT molecular complexity index is 721. The summed E-state index contributed by atoms with van der Waals surface area (Å²) < 4.78 is 25.8. The summed E-state index contributed by atoms with van der Waals surface area (Å²) >= 11 is 6.03. The molecule has 1 aromatic carbocycles. The van der Waals surface area contributed by atoms with Crippen LogP contribution < -0.4 is 4.31 Å². The molecule has 140 valence electrons. The van der Waals surface area contributed by atoms with E-state index < -0.39 is 10.0 Å². The molecule has 0 saturated carbocycles. The van der Waals surface area contributed by atoms with Gasteiger partial charge in [0.15, 0.2) is 0 Å². The van der Waals surface area contributed by atoms with Crippen molar-refractivity contribution in [2.75, 3.05) is 30.2 Å². The van der Waals surface area contributed by atoms with Crippen molar-refractivity contribution in [2.24, 2.45) is 5.92 Å². The van der Waals surface area contributed by atoms with Crippen molar-refractivity contribution in [2.45, 2.75) is 39.5 Å². The molecule has 0 aromatic heterocycles. The molecule has 1 fully saturated rings. The molecule has 1 heterocycles. The van der Waals surface area contributed by atoms with Gasteiger partial charge in [-0.3, -0.25) is 9.10 Å². The number of carbonyl (C=O) groups excluding carboxylic acids is 1. The maximum absolute atomic E-state index is 12.4. The number of anilines is 1. The first-order valence-electron chi connectivity index (χ1n) is 8.70. The molecule has 1 saturated heterocycles. The van der Waals surface area contributed by atoms with Crippen LogP contribution in [0.15, 0.2) is 18.2 Å². The van der Waals surface area contributed by atoms with Crippen LogP contribution in [0, 0.1) is 12.8 Å². The molecular formula is C18H27ClN2O3S. The number of rotatable bonds is 6. The van der Waals surface area contributed by atoms with Crippen LogP contribution in [0.4, 0.5) is 5.69 Å². The highest BCUT2D eigenvalue weighted by atomic mass is 35.5. The fraction of sp³-hybridized carbons (Fsp3) is 0.611. The lowest BCUT2D eigenvalue weighted by atomic mass is 10.00. The molecule has 0 N–H and O–H groups in total. The van der Waals surface area contributed by atoms with Crippen molar-refractivity contribution in [1.29, 1.82) is 0 Å². The van der Waals surface area contributed by atoms with Crippen LogP contribution in [0.25, 0.3) is 0 Å². The summed E-state index contributed by atoms with van der Waals surface area (Å²) in [5.41, 5.74) is 1.42. The minimum atomic E-state index is -3.44. The Balaban J connectivity index is 2.02. The number of likely N-dealkylation sites (tertiary alicyclic amines) is 1. The fourth-order valence-electron chi connectivity index (χ4n) is 3.26. The van der Waals surface area contributed by atoms with Gasteiger partial charge in [0.2, 0.25) is 15.9 Å². The van der Waals surface area contributed by atoms with Crippen LogP contribution in [0.3, 0.4) is 0 Å². The molecule has 1 aliphatic heterocycles. The van der Waals surface area contributed by atoms with Crippen LogP contribution in [0.2, 0.25) is 5.02 Å². The quantitative estimate of drug-likeness (QED) is 0.752. The molecule has 0 unspecified atom stereocenters. The van der Waals surface area contributed by atoms with Crippen LogP contribution in [0.1, 0.15) is 38.2 Å². The van der Waals surface area contributed by atoms with E-state index in [9.17, 15) is 13.2 Å². The van der Waals surface area contributed by atoms with Gasteiger partial charge in [-0.15, -0.1) is 0 Å². The van der Waals surface area contributed by atoms with E-state index in [0.29, 0.717) is 29.5 Å². The average Bonchev–Trinajstić information content (AvgIpc) is 2.53. The normalized spacial score (nSPS) is 18.2. The van der Waals surface area contributed by atoms with Gasteiger partial charge >= 0.3 is 0 Å². The van der Waals surface area contributed by atoms with E-state index >= 15 is 0 Å². The van der Waals surface area contributed by atoms with E-state index in [1.807, 2.05) is 11.8 Å². The van der Waals surface area contributed by atoms with Gasteiger partial charge in [0, 0.05) is 31.1 Å². The Morgan fingerprint density at radius 3 is 2.76 bits per heavy atom. The molecule has 1 aromatic rings. The first-order valence-corrected chi connectivity index (χ1v) is 10.9. The molecule has 1 atom stereocenters. The van der Waals surface area contributed by atoms with Gasteiger partial charge in [-0.25, -0.2) is 8.42 Å². The number of carbonyl (C=O) groups is 1. The molecule has 7 heteroatoms. The second kappa shape index (κ2) is 8.41. The van der Waals surface area contributed by atoms with E-state index in [-0.39, 0.29) is 12.5 Å². The Kier molecular flexibility index (Phi) is 6.74. The first kappa shape index (κ1) is 20.0. The predicted molar refractivity (Wildman–Crippen MR) is 103 cm³/mol. The number of aryl methyl sites for hydroxylation is 1. The third kappa shape index (κ3) is 5.61. The lowest BCUT2D eigenvalue weighted by Gasteiger charge is -2.31. The number of amides is 1. The standard InChI is InChI=1S/C18H27ClN2O3S/c1-14-6-4-10-20(13-14)18(22)7-5-11-21(25(3,23)24)17-12-16(19)9-8-15(17)2/h8-9,12,14H,4-7,10-11,13H2,1-3H3/t14-/m1/s1. The van der Waals surface area contributed by atoms with E-state index in [2.05, 4.69) is 6.92 Å². The van der Waals surface area contributed by atoms with Crippen molar-refractivity contribution in [3.63, 3.8) is 0 Å². The van der Waals surface area contributed by atoms with Gasteiger partial charge < -0.3 is 4.90 Å². The predicted octanol–water partition coefficient (Wildman–Crippen LogP) is 3.45. The Morgan fingerprint density at radius 2 is 2.12 bits per heavy atom. The molecule has 5 nitrogen and oxygen atoms in total. The number of hydrogen-bond acceptors (Lipinski definition) is 3. The minimum absolute atomic E-state index is 0.114. The zero-order valence-corrected chi connectivity index (χ0v) is 16.7. The third-order valence-corrected chi connectivity index (χ3v) is 6.02. The van der Waals surface area contributed by atoms with E-state index in [0.717, 1.165) is 25.1 Å². The summed E-state index contributed by atoms with van der Waals surface area (Å²) in [4.78, 5) is 14.3. The van der Waals surface area contributed by atoms with Crippen LogP contribution in [0.5, 0.6) is 0 Å². The first-order chi connectivity index (χ1) is 11.7. The number of sulfonamides is 1. The van der Waals surface area contributed by atoms with Crippen molar-refractivity contribution >= 4 is 33.2 Å². The second-order valence-electron chi connectivity index (χ2n) is 6.96. The van der Waals surface area contributed by atoms with Gasteiger partial charge in [0.1, 0.15) is 0 Å². The largest absolute Gasteiger partial charge is 0.342 e. The van der Waals surface area contributed by atoms with Gasteiger partial charge in [-0.2, -0.15) is 0 Å². The van der Waals surface area contributed by atoms with Crippen molar-refractivity contribution in [1.82, 2.24) is 4.90 Å². The average molecular weight is 387 g/mol. The Labute approximate surface area is 156 Å². The number of piperidine rings is 1. The molecule has 0 bridgehead atoms. The van der Waals surface area contributed by atoms with Gasteiger partial charge in [-0.1, -0.05) is 24.6 Å². The summed E-state index contributed by atoms with van der Waals surface area (Å²) in [5, 5.41) is 0.493. The van der Waals surface area contributed by atoms with Crippen molar-refractivity contribution in [3.05, 3.63) is 28.8 Å².